The number of nitrogens with one attached hydrogen (secondary N) is 1. The lowest BCUT2D eigenvalue weighted by atomic mass is 9.90. The fourth-order valence-electron chi connectivity index (χ4n) is 3.02. The van der Waals surface area contributed by atoms with Crippen LogP contribution in [-0.4, -0.2) is 38.6 Å². The van der Waals surface area contributed by atoms with Crippen LogP contribution in [0.1, 0.15) is 27.7 Å². The predicted octanol–water partition coefficient (Wildman–Crippen LogP) is 4.62. The molecule has 0 saturated carbocycles. The van der Waals surface area contributed by atoms with E-state index in [1.54, 1.807) is 29.7 Å². The molecule has 1 N–H and O–H groups in total. The van der Waals surface area contributed by atoms with Crippen LogP contribution in [0.2, 0.25) is 0 Å². The second kappa shape index (κ2) is 10.5. The standard InChI is InChI=1S/C24H26FN5O2S/c1-5-32-18-12-10-17(11-13-18)22-28-29-23(30(22)20-9-7-6-8-19(20)25)33-14-21(31)27-24(4,15-26)16(2)3/h6-13,16H,5,14H2,1-4H3,(H,27,31). The molecule has 7 nitrogen and oxygen atoms in total. The lowest BCUT2D eigenvalue weighted by Gasteiger charge is -2.27. The molecule has 1 heterocycles. The molecule has 0 radical (unpaired) electrons. The number of hydrogen-bond donors (Lipinski definition) is 1. The molecule has 0 aliphatic heterocycles. The minimum absolute atomic E-state index is 0.000145. The highest BCUT2D eigenvalue weighted by Crippen LogP contribution is 2.30. The third-order valence-electron chi connectivity index (χ3n) is 5.27. The highest BCUT2D eigenvalue weighted by molar-refractivity contribution is 7.99. The summed E-state index contributed by atoms with van der Waals surface area (Å²) in [6.07, 6.45) is 0. The van der Waals surface area contributed by atoms with E-state index in [1.165, 1.54) is 6.07 Å². The summed E-state index contributed by atoms with van der Waals surface area (Å²) in [6, 6.07) is 15.8. The van der Waals surface area contributed by atoms with Gasteiger partial charge in [-0.25, -0.2) is 4.39 Å². The van der Waals surface area contributed by atoms with Crippen LogP contribution in [-0.2, 0) is 4.79 Å². The van der Waals surface area contributed by atoms with Crippen molar-refractivity contribution in [3.05, 3.63) is 54.3 Å². The minimum Gasteiger partial charge on any atom is -0.494 e. The van der Waals surface area contributed by atoms with Crippen molar-refractivity contribution in [2.45, 2.75) is 38.4 Å². The van der Waals surface area contributed by atoms with Gasteiger partial charge in [-0.1, -0.05) is 37.7 Å². The highest BCUT2D eigenvalue weighted by atomic mass is 32.2. The average Bonchev–Trinajstić information content (AvgIpc) is 3.22. The second-order valence-corrected chi connectivity index (χ2v) is 8.80. The molecule has 1 atom stereocenters. The Morgan fingerprint density at radius 3 is 2.55 bits per heavy atom. The van der Waals surface area contributed by atoms with Gasteiger partial charge in [0.1, 0.15) is 17.1 Å². The van der Waals surface area contributed by atoms with E-state index in [0.29, 0.717) is 17.6 Å². The van der Waals surface area contributed by atoms with Crippen molar-refractivity contribution in [1.29, 1.82) is 5.26 Å². The van der Waals surface area contributed by atoms with Crippen molar-refractivity contribution in [3.8, 4) is 28.9 Å². The first kappa shape index (κ1) is 24.3. The predicted molar refractivity (Wildman–Crippen MR) is 126 cm³/mol. The first-order chi connectivity index (χ1) is 15.8. The smallest absolute Gasteiger partial charge is 0.231 e. The number of hydrogen-bond acceptors (Lipinski definition) is 6. The monoisotopic (exact) mass is 467 g/mol. The Morgan fingerprint density at radius 2 is 1.94 bits per heavy atom. The molecule has 3 rings (SSSR count). The number of nitriles is 1. The molecule has 0 aliphatic rings. The third-order valence-corrected chi connectivity index (χ3v) is 6.20. The Bertz CT molecular complexity index is 1160. The number of carbonyl (C=O) groups is 1. The molecule has 0 aliphatic carbocycles. The van der Waals surface area contributed by atoms with Crippen LogP contribution in [0.5, 0.6) is 5.75 Å². The largest absolute Gasteiger partial charge is 0.494 e. The number of para-hydroxylation sites is 1. The van der Waals surface area contributed by atoms with Gasteiger partial charge in [0.25, 0.3) is 0 Å². The van der Waals surface area contributed by atoms with Gasteiger partial charge in [-0.2, -0.15) is 5.26 Å². The van der Waals surface area contributed by atoms with Gasteiger partial charge >= 0.3 is 0 Å². The first-order valence-corrected chi connectivity index (χ1v) is 11.6. The maximum Gasteiger partial charge on any atom is 0.231 e. The average molecular weight is 468 g/mol. The van der Waals surface area contributed by atoms with Gasteiger partial charge in [0, 0.05) is 5.56 Å². The maximum atomic E-state index is 14.7. The Hall–Kier alpha value is -3.38. The Balaban J connectivity index is 1.92. The number of benzene rings is 2. The van der Waals surface area contributed by atoms with Crippen LogP contribution in [0.4, 0.5) is 4.39 Å². The molecule has 2 aromatic carbocycles. The molecule has 1 unspecified atom stereocenters. The number of aromatic nitrogens is 3. The second-order valence-electron chi connectivity index (χ2n) is 7.86. The van der Waals surface area contributed by atoms with Crippen molar-refractivity contribution in [2.75, 3.05) is 12.4 Å². The number of halogens is 1. The molecule has 0 fully saturated rings. The normalized spacial score (nSPS) is 12.8. The molecule has 9 heteroatoms. The van der Waals surface area contributed by atoms with Crippen molar-refractivity contribution >= 4 is 17.7 Å². The fraction of sp³-hybridized carbons (Fsp3) is 0.333. The van der Waals surface area contributed by atoms with Crippen LogP contribution in [0.25, 0.3) is 17.1 Å². The zero-order valence-electron chi connectivity index (χ0n) is 19.0. The summed E-state index contributed by atoms with van der Waals surface area (Å²) in [5.74, 6) is 0.339. The minimum atomic E-state index is -0.982. The summed E-state index contributed by atoms with van der Waals surface area (Å²) in [6.45, 7) is 7.88. The van der Waals surface area contributed by atoms with Gasteiger partial charge < -0.3 is 10.1 Å². The quantitative estimate of drug-likeness (QED) is 0.462. The van der Waals surface area contributed by atoms with Crippen LogP contribution < -0.4 is 10.1 Å². The SMILES string of the molecule is CCOc1ccc(-c2nnc(SCC(=O)NC(C)(C#N)C(C)C)n2-c2ccccc2F)cc1. The van der Waals surface area contributed by atoms with Crippen molar-refractivity contribution in [3.63, 3.8) is 0 Å². The number of amides is 1. The van der Waals surface area contributed by atoms with E-state index in [0.717, 1.165) is 23.1 Å². The topological polar surface area (TPSA) is 92.8 Å². The van der Waals surface area contributed by atoms with E-state index in [2.05, 4.69) is 21.6 Å². The van der Waals surface area contributed by atoms with E-state index in [4.69, 9.17) is 4.74 Å². The molecule has 3 aromatic rings. The summed E-state index contributed by atoms with van der Waals surface area (Å²) < 4.78 is 21.8. The molecule has 172 valence electrons. The lowest BCUT2D eigenvalue weighted by molar-refractivity contribution is -0.120. The van der Waals surface area contributed by atoms with E-state index in [-0.39, 0.29) is 23.3 Å². The van der Waals surface area contributed by atoms with E-state index in [1.807, 2.05) is 45.0 Å². The van der Waals surface area contributed by atoms with Crippen molar-refractivity contribution in [2.24, 2.45) is 5.92 Å². The number of rotatable bonds is 9. The van der Waals surface area contributed by atoms with Crippen LogP contribution in [0.15, 0.2) is 53.7 Å². The molecule has 1 amide bonds. The lowest BCUT2D eigenvalue weighted by Crippen LogP contribution is -2.49. The molecule has 33 heavy (non-hydrogen) atoms. The van der Waals surface area contributed by atoms with E-state index < -0.39 is 11.4 Å². The van der Waals surface area contributed by atoms with Gasteiger partial charge in [0.05, 0.1) is 24.1 Å². The zero-order chi connectivity index (χ0) is 24.0. The van der Waals surface area contributed by atoms with Gasteiger partial charge in [0.15, 0.2) is 11.0 Å². The maximum absolute atomic E-state index is 14.7. The Morgan fingerprint density at radius 1 is 1.24 bits per heavy atom. The zero-order valence-corrected chi connectivity index (χ0v) is 19.8. The number of nitrogens with zero attached hydrogens (tertiary/aromatic N) is 4. The molecular weight excluding hydrogens is 441 g/mol. The first-order valence-electron chi connectivity index (χ1n) is 10.6. The van der Waals surface area contributed by atoms with Crippen LogP contribution in [0, 0.1) is 23.1 Å². The Labute approximate surface area is 197 Å². The molecular formula is C24H26FN5O2S. The van der Waals surface area contributed by atoms with E-state index in [9.17, 15) is 14.4 Å². The molecule has 0 spiro atoms. The summed E-state index contributed by atoms with van der Waals surface area (Å²) in [7, 11) is 0. The summed E-state index contributed by atoms with van der Waals surface area (Å²) in [5.41, 5.74) is 0.0188. The molecule has 0 bridgehead atoms. The van der Waals surface area contributed by atoms with Gasteiger partial charge in [-0.15, -0.1) is 10.2 Å². The number of thioether (sulfide) groups is 1. The number of ether oxygens (including phenoxy) is 1. The summed E-state index contributed by atoms with van der Waals surface area (Å²) in [4.78, 5) is 12.6. The fourth-order valence-corrected chi connectivity index (χ4v) is 3.77. The Kier molecular flexibility index (Phi) is 7.71. The number of carbonyl (C=O) groups excluding carboxylic acids is 1. The van der Waals surface area contributed by atoms with Crippen molar-refractivity contribution < 1.29 is 13.9 Å². The van der Waals surface area contributed by atoms with Crippen molar-refractivity contribution in [1.82, 2.24) is 20.1 Å². The summed E-state index contributed by atoms with van der Waals surface area (Å²) >= 11 is 1.12. The van der Waals surface area contributed by atoms with Crippen LogP contribution in [0.3, 0.4) is 0 Å². The van der Waals surface area contributed by atoms with Gasteiger partial charge in [-0.05, 0) is 56.2 Å². The highest BCUT2D eigenvalue weighted by Gasteiger charge is 2.30. The van der Waals surface area contributed by atoms with E-state index >= 15 is 0 Å². The third kappa shape index (κ3) is 5.52. The van der Waals surface area contributed by atoms with Gasteiger partial charge in [-0.3, -0.25) is 9.36 Å². The molecule has 1 aromatic heterocycles. The van der Waals surface area contributed by atoms with Crippen LogP contribution >= 0.6 is 11.8 Å². The van der Waals surface area contributed by atoms with Gasteiger partial charge in [0.2, 0.25) is 5.91 Å². The summed E-state index contributed by atoms with van der Waals surface area (Å²) in [5, 5.41) is 21.1. The molecule has 0 saturated heterocycles.